The second-order valence-corrected chi connectivity index (χ2v) is 8.10. The van der Waals surface area contributed by atoms with Crippen LogP contribution in [-0.2, 0) is 13.0 Å². The van der Waals surface area contributed by atoms with E-state index in [4.69, 9.17) is 4.74 Å². The molecule has 0 aliphatic carbocycles. The number of rotatable bonds is 6. The van der Waals surface area contributed by atoms with Crippen molar-refractivity contribution in [2.24, 2.45) is 0 Å². The second kappa shape index (κ2) is 7.42. The van der Waals surface area contributed by atoms with Gasteiger partial charge < -0.3 is 15.0 Å². The van der Waals surface area contributed by atoms with E-state index in [1.54, 1.807) is 0 Å². The molecule has 134 valence electrons. The van der Waals surface area contributed by atoms with Gasteiger partial charge in [0, 0.05) is 49.7 Å². The highest BCUT2D eigenvalue weighted by atomic mass is 16.5. The fraction of sp³-hybridized carbons (Fsp3) is 0.700. The normalized spacial score (nSPS) is 19.5. The largest absolute Gasteiger partial charge is 0.493 e. The number of nitrogens with one attached hydrogen (secondary N) is 1. The van der Waals surface area contributed by atoms with Gasteiger partial charge in [0.1, 0.15) is 5.75 Å². The fourth-order valence-electron chi connectivity index (χ4n) is 4.02. The number of hydrogen-bond donors (Lipinski definition) is 1. The minimum atomic E-state index is 0.191. The van der Waals surface area contributed by atoms with Crippen molar-refractivity contribution < 1.29 is 4.74 Å². The SMILES string of the molecule is CN(C)C1CCN(C(C)(C)CNCc2cccc3c2OCC3)CC1. The van der Waals surface area contributed by atoms with Gasteiger partial charge in [-0.1, -0.05) is 18.2 Å². The first-order valence-electron chi connectivity index (χ1n) is 9.33. The van der Waals surface area contributed by atoms with E-state index in [1.807, 2.05) is 0 Å². The maximum Gasteiger partial charge on any atom is 0.127 e. The average Bonchev–Trinajstić information content (AvgIpc) is 3.04. The van der Waals surface area contributed by atoms with E-state index in [0.29, 0.717) is 0 Å². The molecule has 2 aliphatic heterocycles. The Bertz CT molecular complexity index is 548. The number of fused-ring (bicyclic) bond motifs is 1. The van der Waals surface area contributed by atoms with E-state index >= 15 is 0 Å². The van der Waals surface area contributed by atoms with Gasteiger partial charge in [-0.25, -0.2) is 0 Å². The monoisotopic (exact) mass is 331 g/mol. The summed E-state index contributed by atoms with van der Waals surface area (Å²) in [4.78, 5) is 5.02. The lowest BCUT2D eigenvalue weighted by Gasteiger charge is -2.44. The van der Waals surface area contributed by atoms with Gasteiger partial charge in [-0.15, -0.1) is 0 Å². The van der Waals surface area contributed by atoms with Crippen molar-refractivity contribution in [3.63, 3.8) is 0 Å². The zero-order valence-corrected chi connectivity index (χ0v) is 15.8. The number of likely N-dealkylation sites (tertiary alicyclic amines) is 1. The van der Waals surface area contributed by atoms with Crippen molar-refractivity contribution in [3.8, 4) is 5.75 Å². The molecule has 1 aromatic carbocycles. The predicted molar refractivity (Wildman–Crippen MR) is 99.7 cm³/mol. The van der Waals surface area contributed by atoms with Crippen LogP contribution in [0, 0.1) is 0 Å². The highest BCUT2D eigenvalue weighted by Gasteiger charge is 2.31. The zero-order valence-electron chi connectivity index (χ0n) is 15.8. The average molecular weight is 332 g/mol. The Labute approximate surface area is 147 Å². The summed E-state index contributed by atoms with van der Waals surface area (Å²) < 4.78 is 5.81. The number of nitrogens with zero attached hydrogens (tertiary/aromatic N) is 2. The third kappa shape index (κ3) is 3.93. The lowest BCUT2D eigenvalue weighted by molar-refractivity contribution is 0.0616. The van der Waals surface area contributed by atoms with Crippen LogP contribution in [0.4, 0.5) is 0 Å². The standard InChI is InChI=1S/C20H33N3O/c1-20(2,23-11-8-18(9-12-23)22(3)4)15-21-14-17-7-5-6-16-10-13-24-19(16)17/h5-7,18,21H,8-15H2,1-4H3. The van der Waals surface area contributed by atoms with Gasteiger partial charge in [-0.05, 0) is 46.3 Å². The van der Waals surface area contributed by atoms with Gasteiger partial charge in [-0.2, -0.15) is 0 Å². The Morgan fingerprint density at radius 2 is 2.00 bits per heavy atom. The Balaban J connectivity index is 1.50. The molecule has 1 saturated heterocycles. The Kier molecular flexibility index (Phi) is 5.48. The van der Waals surface area contributed by atoms with Crippen LogP contribution < -0.4 is 10.1 Å². The number of piperidine rings is 1. The smallest absolute Gasteiger partial charge is 0.127 e. The highest BCUT2D eigenvalue weighted by Crippen LogP contribution is 2.29. The quantitative estimate of drug-likeness (QED) is 0.867. The molecule has 4 heteroatoms. The third-order valence-corrected chi connectivity index (χ3v) is 5.72. The van der Waals surface area contributed by atoms with Crippen LogP contribution in [0.15, 0.2) is 18.2 Å². The van der Waals surface area contributed by atoms with Crippen molar-refractivity contribution in [3.05, 3.63) is 29.3 Å². The molecule has 3 rings (SSSR count). The molecule has 0 spiro atoms. The predicted octanol–water partition coefficient (Wildman–Crippen LogP) is 2.52. The summed E-state index contributed by atoms with van der Waals surface area (Å²) in [5.74, 6) is 1.12. The van der Waals surface area contributed by atoms with Crippen LogP contribution in [0.25, 0.3) is 0 Å². The van der Waals surface area contributed by atoms with Crippen LogP contribution in [0.2, 0.25) is 0 Å². The van der Waals surface area contributed by atoms with Crippen molar-refractivity contribution in [1.82, 2.24) is 15.1 Å². The molecule has 0 saturated carbocycles. The van der Waals surface area contributed by atoms with E-state index in [2.05, 4.69) is 61.3 Å². The molecule has 1 fully saturated rings. The van der Waals surface area contributed by atoms with E-state index in [9.17, 15) is 0 Å². The van der Waals surface area contributed by atoms with Crippen molar-refractivity contribution in [1.29, 1.82) is 0 Å². The fourth-order valence-corrected chi connectivity index (χ4v) is 4.02. The molecule has 0 bridgehead atoms. The van der Waals surface area contributed by atoms with E-state index in [-0.39, 0.29) is 5.54 Å². The zero-order chi connectivity index (χ0) is 17.2. The molecular weight excluding hydrogens is 298 g/mol. The Morgan fingerprint density at radius 3 is 2.71 bits per heavy atom. The molecule has 2 aliphatic rings. The van der Waals surface area contributed by atoms with E-state index < -0.39 is 0 Å². The maximum absolute atomic E-state index is 5.81. The van der Waals surface area contributed by atoms with Gasteiger partial charge >= 0.3 is 0 Å². The van der Waals surface area contributed by atoms with Gasteiger partial charge in [0.15, 0.2) is 0 Å². The second-order valence-electron chi connectivity index (χ2n) is 8.10. The van der Waals surface area contributed by atoms with Gasteiger partial charge in [0.25, 0.3) is 0 Å². The van der Waals surface area contributed by atoms with Crippen LogP contribution in [0.1, 0.15) is 37.8 Å². The minimum Gasteiger partial charge on any atom is -0.493 e. The van der Waals surface area contributed by atoms with Crippen LogP contribution in [-0.4, -0.2) is 61.7 Å². The molecule has 0 aromatic heterocycles. The molecule has 0 amide bonds. The van der Waals surface area contributed by atoms with E-state index in [1.165, 1.54) is 37.1 Å². The highest BCUT2D eigenvalue weighted by molar-refractivity contribution is 5.43. The molecule has 24 heavy (non-hydrogen) atoms. The molecular formula is C20H33N3O. The Morgan fingerprint density at radius 1 is 1.25 bits per heavy atom. The number of ether oxygens (including phenoxy) is 1. The number of benzene rings is 1. The minimum absolute atomic E-state index is 0.191. The molecule has 0 radical (unpaired) electrons. The molecule has 1 aromatic rings. The summed E-state index contributed by atoms with van der Waals surface area (Å²) >= 11 is 0. The van der Waals surface area contributed by atoms with Crippen molar-refractivity contribution >= 4 is 0 Å². The number of para-hydroxylation sites is 1. The summed E-state index contributed by atoms with van der Waals surface area (Å²) in [5.41, 5.74) is 2.85. The van der Waals surface area contributed by atoms with Gasteiger partial charge in [0.2, 0.25) is 0 Å². The first-order valence-corrected chi connectivity index (χ1v) is 9.33. The first kappa shape index (κ1) is 17.7. The van der Waals surface area contributed by atoms with Gasteiger partial charge in [0.05, 0.1) is 6.61 Å². The van der Waals surface area contributed by atoms with Crippen molar-refractivity contribution in [2.45, 2.75) is 51.2 Å². The van der Waals surface area contributed by atoms with Crippen LogP contribution in [0.3, 0.4) is 0 Å². The molecule has 4 nitrogen and oxygen atoms in total. The first-order chi connectivity index (χ1) is 11.5. The number of hydrogen-bond acceptors (Lipinski definition) is 4. The summed E-state index contributed by atoms with van der Waals surface area (Å²) in [7, 11) is 4.40. The van der Waals surface area contributed by atoms with E-state index in [0.717, 1.165) is 37.9 Å². The lowest BCUT2D eigenvalue weighted by Crippen LogP contribution is -2.55. The molecule has 2 heterocycles. The molecule has 0 unspecified atom stereocenters. The maximum atomic E-state index is 5.81. The Hall–Kier alpha value is -1.10. The molecule has 0 atom stereocenters. The molecule has 1 N–H and O–H groups in total. The summed E-state index contributed by atoms with van der Waals surface area (Å²) in [6.45, 7) is 9.84. The summed E-state index contributed by atoms with van der Waals surface area (Å²) in [5, 5.41) is 3.67. The third-order valence-electron chi connectivity index (χ3n) is 5.72. The van der Waals surface area contributed by atoms with Crippen molar-refractivity contribution in [2.75, 3.05) is 40.3 Å². The summed E-state index contributed by atoms with van der Waals surface area (Å²) in [6.07, 6.45) is 3.60. The van der Waals surface area contributed by atoms with Gasteiger partial charge in [-0.3, -0.25) is 4.90 Å². The summed E-state index contributed by atoms with van der Waals surface area (Å²) in [6, 6.07) is 7.27. The van der Waals surface area contributed by atoms with Crippen LogP contribution in [0.5, 0.6) is 5.75 Å². The topological polar surface area (TPSA) is 27.7 Å². The lowest BCUT2D eigenvalue weighted by atomic mass is 9.95. The van der Waals surface area contributed by atoms with Crippen LogP contribution >= 0.6 is 0 Å².